The van der Waals surface area contributed by atoms with Crippen LogP contribution in [0.1, 0.15) is 31.9 Å². The van der Waals surface area contributed by atoms with Crippen LogP contribution in [0.4, 0.5) is 18.9 Å². The Labute approximate surface area is 105 Å². The van der Waals surface area contributed by atoms with Gasteiger partial charge in [-0.3, -0.25) is 0 Å². The number of anilines is 1. The van der Waals surface area contributed by atoms with E-state index in [4.69, 9.17) is 0 Å². The molecule has 18 heavy (non-hydrogen) atoms. The molecular weight excluding hydrogens is 243 g/mol. The van der Waals surface area contributed by atoms with Gasteiger partial charge in [0.15, 0.2) is 0 Å². The Balaban J connectivity index is 3.05. The minimum absolute atomic E-state index is 0.309. The Morgan fingerprint density at radius 2 is 1.89 bits per heavy atom. The molecule has 0 aliphatic heterocycles. The highest BCUT2D eigenvalue weighted by molar-refractivity contribution is 5.54. The largest absolute Gasteiger partial charge is 0.405 e. The number of benzene rings is 1. The van der Waals surface area contributed by atoms with Gasteiger partial charge in [-0.15, -0.1) is 0 Å². The number of para-hydroxylation sites is 1. The zero-order chi connectivity index (χ0) is 13.8. The van der Waals surface area contributed by atoms with Gasteiger partial charge < -0.3 is 10.0 Å². The third-order valence-corrected chi connectivity index (χ3v) is 2.59. The molecule has 5 heteroatoms. The highest BCUT2D eigenvalue weighted by atomic mass is 19.4. The Morgan fingerprint density at radius 3 is 2.39 bits per heavy atom. The Kier molecular flexibility index (Phi) is 5.02. The molecule has 0 fully saturated rings. The van der Waals surface area contributed by atoms with E-state index in [1.54, 1.807) is 31.2 Å². The molecule has 0 amide bonds. The Bertz CT molecular complexity index is 377. The second kappa shape index (κ2) is 6.09. The van der Waals surface area contributed by atoms with Crippen LogP contribution in [0.3, 0.4) is 0 Å². The Morgan fingerprint density at radius 1 is 1.28 bits per heavy atom. The highest BCUT2D eigenvalue weighted by Crippen LogP contribution is 2.29. The van der Waals surface area contributed by atoms with Crippen molar-refractivity contribution in [3.8, 4) is 0 Å². The van der Waals surface area contributed by atoms with Gasteiger partial charge in [0.25, 0.3) is 0 Å². The van der Waals surface area contributed by atoms with Crippen LogP contribution in [0.25, 0.3) is 0 Å². The summed E-state index contributed by atoms with van der Waals surface area (Å²) in [5.41, 5.74) is 0.974. The van der Waals surface area contributed by atoms with E-state index in [-0.39, 0.29) is 0 Å². The summed E-state index contributed by atoms with van der Waals surface area (Å²) >= 11 is 0. The summed E-state index contributed by atoms with van der Waals surface area (Å²) in [6, 6.07) is 6.66. The number of aliphatic hydroxyl groups excluding tert-OH is 1. The maximum Gasteiger partial charge on any atom is 0.405 e. The van der Waals surface area contributed by atoms with Crippen LogP contribution in [0, 0.1) is 0 Å². The molecule has 2 nitrogen and oxygen atoms in total. The topological polar surface area (TPSA) is 23.5 Å². The molecule has 0 aliphatic carbocycles. The van der Waals surface area contributed by atoms with Crippen molar-refractivity contribution in [1.29, 1.82) is 0 Å². The first-order valence-corrected chi connectivity index (χ1v) is 5.94. The maximum atomic E-state index is 12.5. The number of alkyl halides is 3. The molecule has 1 rings (SSSR count). The van der Waals surface area contributed by atoms with Crippen LogP contribution in [0.15, 0.2) is 24.3 Å². The molecule has 1 N–H and O–H groups in total. The SMILES string of the molecule is CCCN(CC(F)(F)F)c1ccccc1[C@H](C)O. The molecule has 1 aromatic rings. The second-order valence-corrected chi connectivity index (χ2v) is 4.27. The summed E-state index contributed by atoms with van der Waals surface area (Å²) in [5.74, 6) is 0. The minimum Gasteiger partial charge on any atom is -0.389 e. The van der Waals surface area contributed by atoms with E-state index in [9.17, 15) is 18.3 Å². The van der Waals surface area contributed by atoms with Crippen molar-refractivity contribution in [2.75, 3.05) is 18.0 Å². The number of rotatable bonds is 5. The molecule has 0 radical (unpaired) electrons. The van der Waals surface area contributed by atoms with Crippen LogP contribution < -0.4 is 4.90 Å². The predicted molar refractivity (Wildman–Crippen MR) is 65.6 cm³/mol. The smallest absolute Gasteiger partial charge is 0.389 e. The number of hydrogen-bond acceptors (Lipinski definition) is 2. The lowest BCUT2D eigenvalue weighted by Gasteiger charge is -2.28. The van der Waals surface area contributed by atoms with Crippen molar-refractivity contribution in [2.45, 2.75) is 32.5 Å². The first kappa shape index (κ1) is 14.8. The fraction of sp³-hybridized carbons (Fsp3) is 0.538. The van der Waals surface area contributed by atoms with Crippen molar-refractivity contribution in [1.82, 2.24) is 0 Å². The average molecular weight is 261 g/mol. The molecule has 0 spiro atoms. The molecule has 0 aromatic heterocycles. The van der Waals surface area contributed by atoms with Crippen molar-refractivity contribution in [3.63, 3.8) is 0 Å². The van der Waals surface area contributed by atoms with E-state index in [0.29, 0.717) is 24.2 Å². The lowest BCUT2D eigenvalue weighted by molar-refractivity contribution is -0.119. The average Bonchev–Trinajstić information content (AvgIpc) is 2.26. The summed E-state index contributed by atoms with van der Waals surface area (Å²) < 4.78 is 37.6. The van der Waals surface area contributed by atoms with Crippen molar-refractivity contribution < 1.29 is 18.3 Å². The quantitative estimate of drug-likeness (QED) is 0.876. The third kappa shape index (κ3) is 4.22. The van der Waals surface area contributed by atoms with Gasteiger partial charge in [0, 0.05) is 17.8 Å². The van der Waals surface area contributed by atoms with Gasteiger partial charge in [0.2, 0.25) is 0 Å². The predicted octanol–water partition coefficient (Wildman–Crippen LogP) is 3.52. The molecule has 0 unspecified atom stereocenters. The summed E-state index contributed by atoms with van der Waals surface area (Å²) in [4.78, 5) is 1.27. The van der Waals surface area contributed by atoms with Crippen LogP contribution >= 0.6 is 0 Å². The minimum atomic E-state index is -4.25. The van der Waals surface area contributed by atoms with E-state index >= 15 is 0 Å². The first-order valence-electron chi connectivity index (χ1n) is 5.94. The summed E-state index contributed by atoms with van der Waals surface area (Å²) in [7, 11) is 0. The molecular formula is C13H18F3NO. The van der Waals surface area contributed by atoms with Crippen LogP contribution in [-0.2, 0) is 0 Å². The maximum absolute atomic E-state index is 12.5. The van der Waals surface area contributed by atoms with E-state index in [0.717, 1.165) is 0 Å². The number of halogens is 3. The third-order valence-electron chi connectivity index (χ3n) is 2.59. The monoisotopic (exact) mass is 261 g/mol. The van der Waals surface area contributed by atoms with E-state index in [1.165, 1.54) is 4.90 Å². The lowest BCUT2D eigenvalue weighted by Crippen LogP contribution is -2.35. The normalized spacial score (nSPS) is 13.4. The second-order valence-electron chi connectivity index (χ2n) is 4.27. The fourth-order valence-corrected chi connectivity index (χ4v) is 1.90. The van der Waals surface area contributed by atoms with Gasteiger partial charge in [-0.05, 0) is 19.4 Å². The van der Waals surface area contributed by atoms with Gasteiger partial charge >= 0.3 is 6.18 Å². The molecule has 102 valence electrons. The van der Waals surface area contributed by atoms with E-state index in [1.807, 2.05) is 6.92 Å². The van der Waals surface area contributed by atoms with Gasteiger partial charge in [0.05, 0.1) is 6.10 Å². The van der Waals surface area contributed by atoms with Gasteiger partial charge in [-0.25, -0.2) is 0 Å². The zero-order valence-electron chi connectivity index (χ0n) is 10.5. The molecule has 0 saturated carbocycles. The molecule has 1 aromatic carbocycles. The number of nitrogens with zero attached hydrogens (tertiary/aromatic N) is 1. The molecule has 0 aliphatic rings. The summed E-state index contributed by atoms with van der Waals surface area (Å²) in [6.45, 7) is 2.69. The highest BCUT2D eigenvalue weighted by Gasteiger charge is 2.31. The molecule has 0 bridgehead atoms. The Hall–Kier alpha value is -1.23. The lowest BCUT2D eigenvalue weighted by atomic mass is 10.1. The van der Waals surface area contributed by atoms with Crippen molar-refractivity contribution >= 4 is 5.69 Å². The van der Waals surface area contributed by atoms with E-state index < -0.39 is 18.8 Å². The molecule has 0 saturated heterocycles. The summed E-state index contributed by atoms with van der Waals surface area (Å²) in [5, 5.41) is 9.61. The zero-order valence-corrected chi connectivity index (χ0v) is 10.5. The summed E-state index contributed by atoms with van der Waals surface area (Å²) in [6.07, 6.45) is -4.42. The number of hydrogen-bond donors (Lipinski definition) is 1. The van der Waals surface area contributed by atoms with Gasteiger partial charge in [-0.2, -0.15) is 13.2 Å². The van der Waals surface area contributed by atoms with Crippen LogP contribution in [-0.4, -0.2) is 24.4 Å². The number of aliphatic hydroxyl groups is 1. The molecule has 1 atom stereocenters. The van der Waals surface area contributed by atoms with Gasteiger partial charge in [0.1, 0.15) is 6.54 Å². The fourth-order valence-electron chi connectivity index (χ4n) is 1.90. The van der Waals surface area contributed by atoms with Crippen LogP contribution in [0.5, 0.6) is 0 Å². The van der Waals surface area contributed by atoms with Crippen LogP contribution in [0.2, 0.25) is 0 Å². The first-order chi connectivity index (χ1) is 8.35. The van der Waals surface area contributed by atoms with Crippen molar-refractivity contribution in [2.24, 2.45) is 0 Å². The molecule has 0 heterocycles. The standard InChI is InChI=1S/C13H18F3NO/c1-3-8-17(9-13(14,15)16)12-7-5-4-6-11(12)10(2)18/h4-7,10,18H,3,8-9H2,1-2H3/t10-/m0/s1. The van der Waals surface area contributed by atoms with E-state index in [2.05, 4.69) is 0 Å². The van der Waals surface area contributed by atoms with Crippen molar-refractivity contribution in [3.05, 3.63) is 29.8 Å². The van der Waals surface area contributed by atoms with Gasteiger partial charge in [-0.1, -0.05) is 25.1 Å².